The minimum Gasteiger partial charge on any atom is -0.506 e. The van der Waals surface area contributed by atoms with Gasteiger partial charge in [0.2, 0.25) is 0 Å². The Hall–Kier alpha value is -2.34. The van der Waals surface area contributed by atoms with Gasteiger partial charge in [-0.1, -0.05) is 6.07 Å². The van der Waals surface area contributed by atoms with Gasteiger partial charge in [-0.3, -0.25) is 9.20 Å². The number of benzene rings is 1. The zero-order valence-corrected chi connectivity index (χ0v) is 13.7. The number of pyridine rings is 1. The van der Waals surface area contributed by atoms with Crippen LogP contribution in [0.1, 0.15) is 21.7 Å². The Morgan fingerprint density at radius 2 is 2.05 bits per heavy atom. The van der Waals surface area contributed by atoms with Crippen molar-refractivity contribution in [3.05, 3.63) is 58.0 Å². The van der Waals surface area contributed by atoms with E-state index in [-0.39, 0.29) is 11.7 Å². The summed E-state index contributed by atoms with van der Waals surface area (Å²) in [6, 6.07) is 8.76. The van der Waals surface area contributed by atoms with Crippen molar-refractivity contribution in [2.45, 2.75) is 13.8 Å². The monoisotopic (exact) mass is 359 g/mol. The van der Waals surface area contributed by atoms with E-state index in [1.165, 1.54) is 0 Å². The fraction of sp³-hybridized carbons (Fsp3) is 0.125. The van der Waals surface area contributed by atoms with Crippen molar-refractivity contribution in [1.82, 2.24) is 9.38 Å². The summed E-state index contributed by atoms with van der Waals surface area (Å²) in [5.74, 6) is -0.282. The number of nitrogens with one attached hydrogen (secondary N) is 1. The van der Waals surface area contributed by atoms with Gasteiger partial charge in [-0.05, 0) is 59.6 Å². The van der Waals surface area contributed by atoms with Gasteiger partial charge in [0.15, 0.2) is 0 Å². The first-order valence-electron chi connectivity index (χ1n) is 6.71. The molecule has 0 atom stereocenters. The molecule has 0 aliphatic heterocycles. The molecule has 0 bridgehead atoms. The molecule has 0 unspecified atom stereocenters. The number of phenols is 1. The molecule has 1 aromatic carbocycles. The van der Waals surface area contributed by atoms with Crippen LogP contribution in [0.3, 0.4) is 0 Å². The van der Waals surface area contributed by atoms with Crippen LogP contribution < -0.4 is 5.32 Å². The predicted octanol–water partition coefficient (Wildman–Crippen LogP) is 3.67. The van der Waals surface area contributed by atoms with Crippen molar-refractivity contribution in [3.63, 3.8) is 0 Å². The summed E-state index contributed by atoms with van der Waals surface area (Å²) >= 11 is 3.39. The topological polar surface area (TPSA) is 66.6 Å². The number of carbonyl (C=O) groups is 1. The Morgan fingerprint density at radius 3 is 2.82 bits per heavy atom. The number of phenolic OH excluding ortho intramolecular Hbond substituents is 1. The van der Waals surface area contributed by atoms with Crippen LogP contribution in [0.15, 0.2) is 41.0 Å². The molecule has 0 saturated heterocycles. The molecule has 0 saturated carbocycles. The summed E-state index contributed by atoms with van der Waals surface area (Å²) in [4.78, 5) is 17.0. The zero-order valence-electron chi connectivity index (χ0n) is 12.1. The van der Waals surface area contributed by atoms with Crippen molar-refractivity contribution >= 4 is 33.2 Å². The van der Waals surface area contributed by atoms with Crippen molar-refractivity contribution in [2.75, 3.05) is 5.32 Å². The molecular formula is C16H14BrN3O2. The highest BCUT2D eigenvalue weighted by Crippen LogP contribution is 2.25. The lowest BCUT2D eigenvalue weighted by atomic mass is 10.2. The van der Waals surface area contributed by atoms with Gasteiger partial charge in [0.1, 0.15) is 17.1 Å². The Balaban J connectivity index is 2.04. The number of nitrogens with zero attached hydrogens (tertiary/aromatic N) is 2. The molecule has 3 aromatic rings. The van der Waals surface area contributed by atoms with Gasteiger partial charge in [-0.15, -0.1) is 0 Å². The third-order valence-electron chi connectivity index (χ3n) is 3.37. The van der Waals surface area contributed by atoms with E-state index in [0.29, 0.717) is 22.7 Å². The van der Waals surface area contributed by atoms with Gasteiger partial charge < -0.3 is 10.4 Å². The SMILES string of the molecule is Cc1ccc(O)c(NC(=O)c2c(C)nc3ccc(Br)cn23)c1. The maximum atomic E-state index is 12.6. The number of fused-ring (bicyclic) bond motifs is 1. The standard InChI is InChI=1S/C16H14BrN3O2/c1-9-3-5-13(21)12(7-9)19-16(22)15-10(2)18-14-6-4-11(17)8-20(14)15/h3-8,21H,1-2H3,(H,19,22). The highest BCUT2D eigenvalue weighted by Gasteiger charge is 2.18. The van der Waals surface area contributed by atoms with Crippen LogP contribution in [-0.4, -0.2) is 20.4 Å². The molecule has 0 aliphatic rings. The van der Waals surface area contributed by atoms with Gasteiger partial charge >= 0.3 is 0 Å². The van der Waals surface area contributed by atoms with Gasteiger partial charge in [-0.25, -0.2) is 4.98 Å². The lowest BCUT2D eigenvalue weighted by Gasteiger charge is -2.09. The van der Waals surface area contributed by atoms with E-state index < -0.39 is 0 Å². The summed E-state index contributed by atoms with van der Waals surface area (Å²) in [6.07, 6.45) is 1.79. The second kappa shape index (κ2) is 5.46. The molecule has 0 spiro atoms. The number of rotatable bonds is 2. The molecule has 112 valence electrons. The Kier molecular flexibility index (Phi) is 3.62. The second-order valence-corrected chi connectivity index (χ2v) is 6.01. The van der Waals surface area contributed by atoms with Crippen LogP contribution in [-0.2, 0) is 0 Å². The van der Waals surface area contributed by atoms with E-state index in [4.69, 9.17) is 0 Å². The third kappa shape index (κ3) is 2.57. The molecule has 1 amide bonds. The average molecular weight is 360 g/mol. The number of aromatic nitrogens is 2. The van der Waals surface area contributed by atoms with Crippen LogP contribution in [0.5, 0.6) is 5.75 Å². The van der Waals surface area contributed by atoms with Crippen molar-refractivity contribution < 1.29 is 9.90 Å². The molecule has 2 aromatic heterocycles. The molecule has 3 rings (SSSR count). The number of hydrogen-bond acceptors (Lipinski definition) is 3. The highest BCUT2D eigenvalue weighted by molar-refractivity contribution is 9.10. The van der Waals surface area contributed by atoms with Crippen LogP contribution in [0, 0.1) is 13.8 Å². The second-order valence-electron chi connectivity index (χ2n) is 5.10. The van der Waals surface area contributed by atoms with Crippen molar-refractivity contribution in [1.29, 1.82) is 0 Å². The Morgan fingerprint density at radius 1 is 1.27 bits per heavy atom. The molecule has 0 radical (unpaired) electrons. The number of hydrogen-bond donors (Lipinski definition) is 2. The number of aromatic hydroxyl groups is 1. The molecule has 2 heterocycles. The molecular weight excluding hydrogens is 346 g/mol. The van der Waals surface area contributed by atoms with Gasteiger partial charge in [0, 0.05) is 10.7 Å². The van der Waals surface area contributed by atoms with Crippen molar-refractivity contribution in [2.24, 2.45) is 0 Å². The number of amides is 1. The predicted molar refractivity (Wildman–Crippen MR) is 88.4 cm³/mol. The quantitative estimate of drug-likeness (QED) is 0.686. The highest BCUT2D eigenvalue weighted by atomic mass is 79.9. The van der Waals surface area contributed by atoms with E-state index in [0.717, 1.165) is 10.0 Å². The first kappa shape index (κ1) is 14.6. The lowest BCUT2D eigenvalue weighted by Crippen LogP contribution is -2.15. The van der Waals surface area contributed by atoms with E-state index >= 15 is 0 Å². The number of anilines is 1. The minimum atomic E-state index is -0.316. The summed E-state index contributed by atoms with van der Waals surface area (Å²) < 4.78 is 2.58. The molecule has 0 aliphatic carbocycles. The first-order chi connectivity index (χ1) is 10.5. The van der Waals surface area contributed by atoms with Crippen LogP contribution in [0.4, 0.5) is 5.69 Å². The smallest absolute Gasteiger partial charge is 0.274 e. The number of aryl methyl sites for hydroxylation is 2. The molecule has 6 heteroatoms. The van der Waals surface area contributed by atoms with E-state index in [1.807, 2.05) is 19.1 Å². The first-order valence-corrected chi connectivity index (χ1v) is 7.50. The fourth-order valence-corrected chi connectivity index (χ4v) is 2.68. The van der Waals surface area contributed by atoms with E-state index in [1.54, 1.807) is 35.7 Å². The van der Waals surface area contributed by atoms with E-state index in [2.05, 4.69) is 26.2 Å². The molecule has 22 heavy (non-hydrogen) atoms. The zero-order chi connectivity index (χ0) is 15.9. The van der Waals surface area contributed by atoms with Crippen LogP contribution >= 0.6 is 15.9 Å². The number of imidazole rings is 1. The lowest BCUT2D eigenvalue weighted by molar-refractivity contribution is 0.102. The van der Waals surface area contributed by atoms with Gasteiger partial charge in [0.05, 0.1) is 11.4 Å². The average Bonchev–Trinajstić information content (AvgIpc) is 2.78. The normalized spacial score (nSPS) is 10.9. The summed E-state index contributed by atoms with van der Waals surface area (Å²) in [5, 5.41) is 12.6. The number of halogens is 1. The van der Waals surface area contributed by atoms with Crippen LogP contribution in [0.25, 0.3) is 5.65 Å². The van der Waals surface area contributed by atoms with Gasteiger partial charge in [-0.2, -0.15) is 0 Å². The summed E-state index contributed by atoms with van der Waals surface area (Å²) in [7, 11) is 0. The maximum Gasteiger partial charge on any atom is 0.274 e. The third-order valence-corrected chi connectivity index (χ3v) is 3.84. The Bertz CT molecular complexity index is 886. The minimum absolute atomic E-state index is 0.0339. The summed E-state index contributed by atoms with van der Waals surface area (Å²) in [5.41, 5.74) is 3.10. The molecule has 2 N–H and O–H groups in total. The molecule has 5 nitrogen and oxygen atoms in total. The van der Waals surface area contributed by atoms with Gasteiger partial charge in [0.25, 0.3) is 5.91 Å². The largest absolute Gasteiger partial charge is 0.506 e. The summed E-state index contributed by atoms with van der Waals surface area (Å²) in [6.45, 7) is 3.68. The number of carbonyl (C=O) groups excluding carboxylic acids is 1. The molecule has 0 fully saturated rings. The fourth-order valence-electron chi connectivity index (χ4n) is 2.34. The Labute approximate surface area is 135 Å². The van der Waals surface area contributed by atoms with Crippen molar-refractivity contribution in [3.8, 4) is 5.75 Å². The maximum absolute atomic E-state index is 12.6. The van der Waals surface area contributed by atoms with Crippen LogP contribution in [0.2, 0.25) is 0 Å². The van der Waals surface area contributed by atoms with E-state index in [9.17, 15) is 9.90 Å².